The fourth-order valence-corrected chi connectivity index (χ4v) is 1.82. The standard InChI is InChI=1S/C8H16N2O3S/c11-8(6-14(12)13)10-5-7-1-3-9-4-2-7/h7,9H,1-6H2,(H,10,11)(H,12,13)/p-1. The molecule has 14 heavy (non-hydrogen) atoms. The van der Waals surface area contributed by atoms with Crippen LogP contribution in [0.4, 0.5) is 0 Å². The van der Waals surface area contributed by atoms with Crippen LogP contribution in [0, 0.1) is 5.92 Å². The Morgan fingerprint density at radius 3 is 2.71 bits per heavy atom. The number of piperidine rings is 1. The van der Waals surface area contributed by atoms with Crippen LogP contribution in [0.5, 0.6) is 0 Å². The number of carbonyl (C=O) groups is 1. The molecule has 1 fully saturated rings. The first-order chi connectivity index (χ1) is 6.68. The smallest absolute Gasteiger partial charge is 0.231 e. The summed E-state index contributed by atoms with van der Waals surface area (Å²) in [5.41, 5.74) is 0. The summed E-state index contributed by atoms with van der Waals surface area (Å²) in [7, 11) is 0. The van der Waals surface area contributed by atoms with Gasteiger partial charge < -0.3 is 15.2 Å². The van der Waals surface area contributed by atoms with Gasteiger partial charge in [0.15, 0.2) is 0 Å². The van der Waals surface area contributed by atoms with E-state index in [1.165, 1.54) is 0 Å². The molecule has 1 amide bonds. The summed E-state index contributed by atoms with van der Waals surface area (Å²) >= 11 is -2.28. The average Bonchev–Trinajstić information content (AvgIpc) is 2.15. The normalized spacial score (nSPS) is 20.4. The number of nitrogens with one attached hydrogen (secondary N) is 2. The number of hydrogen-bond acceptors (Lipinski definition) is 4. The van der Waals surface area contributed by atoms with E-state index in [4.69, 9.17) is 0 Å². The second-order valence-electron chi connectivity index (χ2n) is 3.45. The summed E-state index contributed by atoms with van der Waals surface area (Å²) < 4.78 is 20.4. The van der Waals surface area contributed by atoms with E-state index in [0.29, 0.717) is 12.5 Å². The van der Waals surface area contributed by atoms with Crippen LogP contribution in [0.15, 0.2) is 0 Å². The van der Waals surface area contributed by atoms with Crippen molar-refractivity contribution >= 4 is 17.0 Å². The summed E-state index contributed by atoms with van der Waals surface area (Å²) in [4.78, 5) is 11.0. The van der Waals surface area contributed by atoms with Gasteiger partial charge in [0.05, 0.1) is 5.75 Å². The Morgan fingerprint density at radius 2 is 2.14 bits per heavy atom. The highest BCUT2D eigenvalue weighted by Gasteiger charge is 2.13. The highest BCUT2D eigenvalue weighted by Crippen LogP contribution is 2.09. The molecule has 5 nitrogen and oxygen atoms in total. The maximum atomic E-state index is 11.0. The monoisotopic (exact) mass is 219 g/mol. The second-order valence-corrected chi connectivity index (χ2v) is 4.34. The Bertz CT molecular complexity index is 217. The highest BCUT2D eigenvalue weighted by molar-refractivity contribution is 7.79. The van der Waals surface area contributed by atoms with E-state index in [1.54, 1.807) is 0 Å². The molecule has 1 heterocycles. The third-order valence-electron chi connectivity index (χ3n) is 2.30. The van der Waals surface area contributed by atoms with Crippen molar-refractivity contribution < 1.29 is 13.6 Å². The van der Waals surface area contributed by atoms with Gasteiger partial charge in [-0.15, -0.1) is 0 Å². The maximum absolute atomic E-state index is 11.0. The fourth-order valence-electron chi connectivity index (χ4n) is 1.50. The van der Waals surface area contributed by atoms with Crippen LogP contribution in [-0.2, 0) is 15.9 Å². The molecule has 82 valence electrons. The van der Waals surface area contributed by atoms with Gasteiger partial charge in [0, 0.05) is 6.54 Å². The van der Waals surface area contributed by atoms with Gasteiger partial charge in [-0.25, -0.2) is 0 Å². The zero-order valence-corrected chi connectivity index (χ0v) is 8.77. The lowest BCUT2D eigenvalue weighted by molar-refractivity contribution is -0.118. The van der Waals surface area contributed by atoms with Crippen LogP contribution in [-0.4, -0.2) is 40.1 Å². The Hall–Kier alpha value is -0.460. The van der Waals surface area contributed by atoms with Crippen molar-refractivity contribution in [2.75, 3.05) is 25.4 Å². The predicted octanol–water partition coefficient (Wildman–Crippen LogP) is -1.02. The number of hydrogen-bond donors (Lipinski definition) is 2. The van der Waals surface area contributed by atoms with Gasteiger partial charge in [-0.2, -0.15) is 0 Å². The molecule has 6 heteroatoms. The molecule has 0 aromatic rings. The maximum Gasteiger partial charge on any atom is 0.231 e. The quantitative estimate of drug-likeness (QED) is 0.593. The highest BCUT2D eigenvalue weighted by atomic mass is 32.2. The van der Waals surface area contributed by atoms with Gasteiger partial charge in [0.1, 0.15) is 0 Å². The van der Waals surface area contributed by atoms with Crippen LogP contribution in [0.1, 0.15) is 12.8 Å². The minimum atomic E-state index is -2.28. The molecule has 0 aromatic heterocycles. The largest absolute Gasteiger partial charge is 0.772 e. The summed E-state index contributed by atoms with van der Waals surface area (Å²) in [6.45, 7) is 2.56. The third-order valence-corrected chi connectivity index (χ3v) is 2.79. The zero-order chi connectivity index (χ0) is 10.4. The van der Waals surface area contributed by atoms with E-state index < -0.39 is 22.7 Å². The van der Waals surface area contributed by atoms with Gasteiger partial charge >= 0.3 is 0 Å². The van der Waals surface area contributed by atoms with Crippen LogP contribution in [0.3, 0.4) is 0 Å². The first-order valence-corrected chi connectivity index (χ1v) is 5.96. The minimum Gasteiger partial charge on any atom is -0.772 e. The molecule has 0 saturated carbocycles. The molecule has 1 rings (SSSR count). The van der Waals surface area contributed by atoms with Crippen molar-refractivity contribution in [3.63, 3.8) is 0 Å². The van der Waals surface area contributed by atoms with E-state index in [1.807, 2.05) is 0 Å². The van der Waals surface area contributed by atoms with Crippen LogP contribution in [0.25, 0.3) is 0 Å². The number of amides is 1. The van der Waals surface area contributed by atoms with E-state index in [9.17, 15) is 13.6 Å². The van der Waals surface area contributed by atoms with Gasteiger partial charge in [-0.05, 0) is 42.9 Å². The van der Waals surface area contributed by atoms with Crippen molar-refractivity contribution in [1.29, 1.82) is 0 Å². The SMILES string of the molecule is O=C(CS(=O)[O-])NCC1CCNCC1. The van der Waals surface area contributed by atoms with E-state index >= 15 is 0 Å². The van der Waals surface area contributed by atoms with Crippen molar-refractivity contribution in [3.8, 4) is 0 Å². The van der Waals surface area contributed by atoms with E-state index in [2.05, 4.69) is 10.6 Å². The molecule has 1 unspecified atom stereocenters. The summed E-state index contributed by atoms with van der Waals surface area (Å²) in [5, 5.41) is 5.85. The number of carbonyl (C=O) groups excluding carboxylic acids is 1. The van der Waals surface area contributed by atoms with Crippen LogP contribution < -0.4 is 10.6 Å². The molecule has 2 N–H and O–H groups in total. The Labute approximate surface area is 85.9 Å². The molecule has 0 radical (unpaired) electrons. The lowest BCUT2D eigenvalue weighted by Gasteiger charge is -2.22. The van der Waals surface area contributed by atoms with E-state index in [0.717, 1.165) is 25.9 Å². The molecular formula is C8H15N2O3S-. The van der Waals surface area contributed by atoms with Gasteiger partial charge in [0.2, 0.25) is 5.91 Å². The van der Waals surface area contributed by atoms with Gasteiger partial charge in [-0.3, -0.25) is 9.00 Å². The summed E-state index contributed by atoms with van der Waals surface area (Å²) in [6, 6.07) is 0. The molecule has 1 saturated heterocycles. The molecule has 0 aromatic carbocycles. The molecule has 0 spiro atoms. The van der Waals surface area contributed by atoms with Gasteiger partial charge in [0.25, 0.3) is 0 Å². The Balaban J connectivity index is 2.12. The van der Waals surface area contributed by atoms with E-state index in [-0.39, 0.29) is 0 Å². The number of rotatable bonds is 4. The molecule has 1 aliphatic rings. The van der Waals surface area contributed by atoms with Crippen LogP contribution >= 0.6 is 0 Å². The first-order valence-electron chi connectivity index (χ1n) is 4.72. The average molecular weight is 219 g/mol. The molecule has 0 aliphatic carbocycles. The van der Waals surface area contributed by atoms with Crippen molar-refractivity contribution in [1.82, 2.24) is 10.6 Å². The second kappa shape index (κ2) is 6.10. The fraction of sp³-hybridized carbons (Fsp3) is 0.875. The summed E-state index contributed by atoms with van der Waals surface area (Å²) in [5.74, 6) is -0.345. The Morgan fingerprint density at radius 1 is 1.50 bits per heavy atom. The summed E-state index contributed by atoms with van der Waals surface area (Å²) in [6.07, 6.45) is 2.08. The van der Waals surface area contributed by atoms with Crippen molar-refractivity contribution in [2.45, 2.75) is 12.8 Å². The topological polar surface area (TPSA) is 81.3 Å². The Kier molecular flexibility index (Phi) is 5.06. The lowest BCUT2D eigenvalue weighted by atomic mass is 9.98. The first kappa shape index (κ1) is 11.6. The lowest BCUT2D eigenvalue weighted by Crippen LogP contribution is -2.37. The van der Waals surface area contributed by atoms with Crippen LogP contribution in [0.2, 0.25) is 0 Å². The molecule has 1 atom stereocenters. The van der Waals surface area contributed by atoms with Crippen molar-refractivity contribution in [2.24, 2.45) is 5.92 Å². The zero-order valence-electron chi connectivity index (χ0n) is 7.95. The predicted molar refractivity (Wildman–Crippen MR) is 52.4 cm³/mol. The van der Waals surface area contributed by atoms with Gasteiger partial charge in [-0.1, -0.05) is 0 Å². The molecule has 1 aliphatic heterocycles. The molecular weight excluding hydrogens is 204 g/mol. The third kappa shape index (κ3) is 4.69. The molecule has 0 bridgehead atoms. The minimum absolute atomic E-state index is 0.406. The van der Waals surface area contributed by atoms with Crippen molar-refractivity contribution in [3.05, 3.63) is 0 Å².